The van der Waals surface area contributed by atoms with E-state index in [9.17, 15) is 4.79 Å². The Hall–Kier alpha value is -2.95. The third-order valence-corrected chi connectivity index (χ3v) is 4.39. The third kappa shape index (κ3) is 3.67. The van der Waals surface area contributed by atoms with Crippen LogP contribution in [0.2, 0.25) is 0 Å². The summed E-state index contributed by atoms with van der Waals surface area (Å²) in [6.07, 6.45) is 0. The monoisotopic (exact) mass is 348 g/mol. The minimum absolute atomic E-state index is 0.164. The lowest BCUT2D eigenvalue weighted by atomic mass is 10.1. The molecule has 0 fully saturated rings. The van der Waals surface area contributed by atoms with Crippen molar-refractivity contribution in [3.63, 3.8) is 0 Å². The molecule has 1 aromatic heterocycles. The van der Waals surface area contributed by atoms with Gasteiger partial charge in [0.15, 0.2) is 0 Å². The van der Waals surface area contributed by atoms with E-state index in [-0.39, 0.29) is 18.4 Å². The molecule has 1 N–H and O–H groups in total. The fourth-order valence-corrected chi connectivity index (χ4v) is 3.07. The molecule has 0 spiro atoms. The number of aromatic nitrogens is 2. The molecule has 1 amide bonds. The van der Waals surface area contributed by atoms with Crippen LogP contribution in [0.4, 0.5) is 0 Å². The van der Waals surface area contributed by atoms with E-state index in [0.717, 1.165) is 33.7 Å². The van der Waals surface area contributed by atoms with Gasteiger partial charge >= 0.3 is 0 Å². The van der Waals surface area contributed by atoms with Crippen LogP contribution in [0.25, 0.3) is 11.0 Å². The minimum Gasteiger partial charge on any atom is -0.318 e. The summed E-state index contributed by atoms with van der Waals surface area (Å²) >= 11 is 0. The fraction of sp³-hybridized carbons (Fsp3) is 0.286. The molecular weight excluding hydrogens is 324 g/mol. The van der Waals surface area contributed by atoms with Crippen LogP contribution in [0.3, 0.4) is 0 Å². The van der Waals surface area contributed by atoms with Crippen molar-refractivity contribution in [3.8, 4) is 0 Å². The van der Waals surface area contributed by atoms with E-state index in [0.29, 0.717) is 0 Å². The van der Waals surface area contributed by atoms with Gasteiger partial charge in [-0.25, -0.2) is 10.4 Å². The van der Waals surface area contributed by atoms with Crippen LogP contribution in [0, 0.1) is 6.92 Å². The highest BCUT2D eigenvalue weighted by molar-refractivity contribution is 6.00. The second-order valence-corrected chi connectivity index (χ2v) is 6.75. The van der Waals surface area contributed by atoms with Crippen LogP contribution >= 0.6 is 0 Å². The van der Waals surface area contributed by atoms with Crippen molar-refractivity contribution in [2.24, 2.45) is 5.10 Å². The SMILES string of the molecule is C/C(=N\NC(=O)Cn1c(C(C)C)nc2ccccc21)c1ccccc1C. The normalized spacial score (nSPS) is 12.0. The zero-order chi connectivity index (χ0) is 18.7. The molecule has 3 rings (SSSR count). The van der Waals surface area contributed by atoms with Gasteiger partial charge in [0.1, 0.15) is 12.4 Å². The highest BCUT2D eigenvalue weighted by atomic mass is 16.2. The van der Waals surface area contributed by atoms with Gasteiger partial charge in [-0.05, 0) is 31.5 Å². The van der Waals surface area contributed by atoms with Gasteiger partial charge in [0, 0.05) is 11.5 Å². The van der Waals surface area contributed by atoms with Gasteiger partial charge in [-0.2, -0.15) is 5.10 Å². The molecule has 0 aliphatic rings. The topological polar surface area (TPSA) is 59.3 Å². The summed E-state index contributed by atoms with van der Waals surface area (Å²) in [5, 5.41) is 4.27. The summed E-state index contributed by atoms with van der Waals surface area (Å²) in [5.41, 5.74) is 7.50. The molecular formula is C21H24N4O. The van der Waals surface area contributed by atoms with Crippen molar-refractivity contribution < 1.29 is 4.79 Å². The van der Waals surface area contributed by atoms with Crippen molar-refractivity contribution in [2.75, 3.05) is 0 Å². The maximum atomic E-state index is 12.5. The Morgan fingerprint density at radius 2 is 1.85 bits per heavy atom. The number of nitrogens with one attached hydrogen (secondary N) is 1. The van der Waals surface area contributed by atoms with E-state index in [2.05, 4.69) is 29.4 Å². The van der Waals surface area contributed by atoms with Crippen LogP contribution in [-0.2, 0) is 11.3 Å². The molecule has 0 radical (unpaired) electrons. The van der Waals surface area contributed by atoms with Gasteiger partial charge in [-0.3, -0.25) is 4.79 Å². The first-order valence-corrected chi connectivity index (χ1v) is 8.81. The Morgan fingerprint density at radius 1 is 1.15 bits per heavy atom. The van der Waals surface area contributed by atoms with E-state index in [1.807, 2.05) is 66.9 Å². The number of imidazole rings is 1. The number of para-hydroxylation sites is 2. The number of carbonyl (C=O) groups excluding carboxylic acids is 1. The molecule has 3 aromatic rings. The molecule has 0 saturated heterocycles. The first-order valence-electron chi connectivity index (χ1n) is 8.81. The molecule has 26 heavy (non-hydrogen) atoms. The number of aryl methyl sites for hydroxylation is 1. The van der Waals surface area contributed by atoms with Gasteiger partial charge in [0.25, 0.3) is 5.91 Å². The predicted molar refractivity (Wildman–Crippen MR) is 105 cm³/mol. The Labute approximate surface area is 153 Å². The van der Waals surface area contributed by atoms with Crippen LogP contribution in [-0.4, -0.2) is 21.2 Å². The molecule has 0 aliphatic carbocycles. The highest BCUT2D eigenvalue weighted by Crippen LogP contribution is 2.21. The van der Waals surface area contributed by atoms with Crippen molar-refractivity contribution in [2.45, 2.75) is 40.2 Å². The first-order chi connectivity index (χ1) is 12.5. The molecule has 5 heteroatoms. The van der Waals surface area contributed by atoms with Crippen LogP contribution in [0.5, 0.6) is 0 Å². The fourth-order valence-electron chi connectivity index (χ4n) is 3.07. The smallest absolute Gasteiger partial charge is 0.260 e. The standard InChI is InChI=1S/C21H24N4O/c1-14(2)21-22-18-11-7-8-12-19(18)25(21)13-20(26)24-23-16(4)17-10-6-5-9-15(17)3/h5-12,14H,13H2,1-4H3,(H,24,26)/b23-16+. The van der Waals surface area contributed by atoms with Gasteiger partial charge in [-0.15, -0.1) is 0 Å². The number of amides is 1. The lowest BCUT2D eigenvalue weighted by Gasteiger charge is -2.11. The second-order valence-electron chi connectivity index (χ2n) is 6.75. The van der Waals surface area contributed by atoms with E-state index in [1.54, 1.807) is 0 Å². The maximum absolute atomic E-state index is 12.5. The van der Waals surface area contributed by atoms with E-state index < -0.39 is 0 Å². The zero-order valence-electron chi connectivity index (χ0n) is 15.7. The molecule has 0 atom stereocenters. The van der Waals surface area contributed by atoms with E-state index in [1.165, 1.54) is 0 Å². The van der Waals surface area contributed by atoms with Crippen LogP contribution in [0.1, 0.15) is 43.6 Å². The van der Waals surface area contributed by atoms with Gasteiger partial charge in [0.05, 0.1) is 16.7 Å². The van der Waals surface area contributed by atoms with Crippen molar-refractivity contribution >= 4 is 22.7 Å². The first kappa shape index (κ1) is 17.9. The lowest BCUT2D eigenvalue weighted by Crippen LogP contribution is -2.25. The Morgan fingerprint density at radius 3 is 2.58 bits per heavy atom. The van der Waals surface area contributed by atoms with Gasteiger partial charge in [0.2, 0.25) is 0 Å². The van der Waals surface area contributed by atoms with Gasteiger partial charge < -0.3 is 4.57 Å². The number of fused-ring (bicyclic) bond motifs is 1. The molecule has 0 saturated carbocycles. The van der Waals surface area contributed by atoms with Crippen LogP contribution in [0.15, 0.2) is 53.6 Å². The number of benzene rings is 2. The average Bonchev–Trinajstić information content (AvgIpc) is 2.99. The number of carbonyl (C=O) groups is 1. The predicted octanol–water partition coefficient (Wildman–Crippen LogP) is 4.01. The van der Waals surface area contributed by atoms with Crippen molar-refractivity contribution in [1.82, 2.24) is 15.0 Å². The third-order valence-electron chi connectivity index (χ3n) is 4.39. The second kappa shape index (κ2) is 7.52. The Balaban J connectivity index is 1.80. The molecule has 0 aliphatic heterocycles. The largest absolute Gasteiger partial charge is 0.318 e. The summed E-state index contributed by atoms with van der Waals surface area (Å²) < 4.78 is 1.97. The minimum atomic E-state index is -0.164. The number of rotatable bonds is 5. The summed E-state index contributed by atoms with van der Waals surface area (Å²) in [5.74, 6) is 0.969. The highest BCUT2D eigenvalue weighted by Gasteiger charge is 2.15. The maximum Gasteiger partial charge on any atom is 0.260 e. The molecule has 0 unspecified atom stereocenters. The van der Waals surface area contributed by atoms with E-state index >= 15 is 0 Å². The lowest BCUT2D eigenvalue weighted by molar-refractivity contribution is -0.121. The summed E-state index contributed by atoms with van der Waals surface area (Å²) in [7, 11) is 0. The molecule has 134 valence electrons. The number of hydrogen-bond donors (Lipinski definition) is 1. The number of hydrogen-bond acceptors (Lipinski definition) is 3. The quantitative estimate of drug-likeness (QED) is 0.559. The van der Waals surface area contributed by atoms with Crippen LogP contribution < -0.4 is 5.43 Å². The number of nitrogens with zero attached hydrogens (tertiary/aromatic N) is 3. The summed E-state index contributed by atoms with van der Waals surface area (Å²) in [4.78, 5) is 17.1. The summed E-state index contributed by atoms with van der Waals surface area (Å²) in [6, 6.07) is 15.9. The Bertz CT molecular complexity index is 969. The van der Waals surface area contributed by atoms with Crippen molar-refractivity contribution in [3.05, 3.63) is 65.5 Å². The van der Waals surface area contributed by atoms with Gasteiger partial charge in [-0.1, -0.05) is 50.2 Å². The molecule has 5 nitrogen and oxygen atoms in total. The molecule has 1 heterocycles. The number of hydrazone groups is 1. The summed E-state index contributed by atoms with van der Waals surface area (Å²) in [6.45, 7) is 8.28. The Kier molecular flexibility index (Phi) is 5.16. The van der Waals surface area contributed by atoms with Crippen molar-refractivity contribution in [1.29, 1.82) is 0 Å². The molecule has 0 bridgehead atoms. The average molecular weight is 348 g/mol. The van der Waals surface area contributed by atoms with E-state index in [4.69, 9.17) is 0 Å². The molecule has 2 aromatic carbocycles. The zero-order valence-corrected chi connectivity index (χ0v) is 15.7.